The van der Waals surface area contributed by atoms with Gasteiger partial charge in [0.15, 0.2) is 0 Å². The number of nitrogens with one attached hydrogen (secondary N) is 1. The molecule has 266 valence electrons. The van der Waals surface area contributed by atoms with E-state index in [2.05, 4.69) is 23.3 Å². The Balaban J connectivity index is 1.24. The van der Waals surface area contributed by atoms with Gasteiger partial charge in [0.1, 0.15) is 36.1 Å². The second-order valence-corrected chi connectivity index (χ2v) is 15.5. The van der Waals surface area contributed by atoms with Gasteiger partial charge >= 0.3 is 12.1 Å². The molecule has 2 saturated carbocycles. The van der Waals surface area contributed by atoms with Crippen LogP contribution < -0.4 is 14.8 Å². The van der Waals surface area contributed by atoms with Crippen molar-refractivity contribution >= 4 is 28.9 Å². The largest absolute Gasteiger partial charge is 0.489 e. The van der Waals surface area contributed by atoms with Crippen molar-refractivity contribution in [3.8, 4) is 11.6 Å². The Labute approximate surface area is 289 Å². The highest BCUT2D eigenvalue weighted by Gasteiger charge is 2.49. The van der Waals surface area contributed by atoms with Crippen LogP contribution in [0.2, 0.25) is 0 Å². The lowest BCUT2D eigenvalue weighted by molar-refractivity contribution is -0.150. The van der Waals surface area contributed by atoms with Crippen LogP contribution in [0, 0.1) is 11.3 Å². The SMILES string of the molecule is CN1CCC(Oc2c3c(nc4ccccc24)O[C@@H]2C[C@@H](C(=O)O)N(C2)C(=O)[C@H](C2(C)CCCCC2)NC(=O)O[C@@H]2C[C@H]2CCCCC3)CC1. The number of rotatable bonds is 4. The number of para-hydroxylation sites is 1. The van der Waals surface area contributed by atoms with Crippen molar-refractivity contribution in [3.05, 3.63) is 29.8 Å². The van der Waals surface area contributed by atoms with E-state index in [0.29, 0.717) is 18.2 Å². The summed E-state index contributed by atoms with van der Waals surface area (Å²) in [5.74, 6) is 0.134. The first-order chi connectivity index (χ1) is 23.7. The standard InChI is InChI=1S/C38H52N4O7/c1-38(17-9-4-10-18-38)33-35(43)42-23-26(22-30(42)36(44)45)48-34-28(13-6-3-5-11-24-21-31(24)49-37(46)40-33)32(27-12-7-8-14-29(27)39-34)47-25-15-19-41(2)20-16-25/h7-8,12,14,24-26,30-31,33H,3-6,9-11,13,15-23H2,1-2H3,(H,40,46)(H,44,45)/t24-,26-,30+,31-,33-/m1/s1. The minimum atomic E-state index is -1.08. The van der Waals surface area contributed by atoms with Crippen LogP contribution in [0.3, 0.4) is 0 Å². The molecule has 5 aliphatic rings. The number of carboxylic acids is 1. The molecular weight excluding hydrogens is 624 g/mol. The van der Waals surface area contributed by atoms with Crippen molar-refractivity contribution in [2.24, 2.45) is 11.3 Å². The first kappa shape index (κ1) is 33.9. The first-order valence-electron chi connectivity index (χ1n) is 18.6. The Bertz CT molecular complexity index is 1540. The predicted octanol–water partition coefficient (Wildman–Crippen LogP) is 5.71. The maximum atomic E-state index is 14.5. The lowest BCUT2D eigenvalue weighted by Crippen LogP contribution is -2.58. The molecule has 0 unspecified atom stereocenters. The fourth-order valence-corrected chi connectivity index (χ4v) is 8.63. The fraction of sp³-hybridized carbons (Fsp3) is 0.684. The van der Waals surface area contributed by atoms with E-state index < -0.39 is 35.7 Å². The Morgan fingerprint density at radius 1 is 1.00 bits per heavy atom. The average molecular weight is 677 g/mol. The summed E-state index contributed by atoms with van der Waals surface area (Å²) >= 11 is 0. The normalized spacial score (nSPS) is 30.2. The number of pyridine rings is 1. The van der Waals surface area contributed by atoms with Crippen molar-refractivity contribution in [2.75, 3.05) is 26.7 Å². The van der Waals surface area contributed by atoms with E-state index in [9.17, 15) is 19.5 Å². The lowest BCUT2D eigenvalue weighted by atomic mass is 9.70. The number of fused-ring (bicyclic) bond motifs is 5. The maximum Gasteiger partial charge on any atom is 0.408 e. The van der Waals surface area contributed by atoms with Crippen LogP contribution in [0.25, 0.3) is 10.9 Å². The van der Waals surface area contributed by atoms with E-state index in [1.165, 1.54) is 4.90 Å². The van der Waals surface area contributed by atoms with E-state index in [1.807, 2.05) is 25.1 Å². The molecular formula is C38H52N4O7. The Hall–Kier alpha value is -3.60. The van der Waals surface area contributed by atoms with Crippen molar-refractivity contribution in [1.29, 1.82) is 0 Å². The molecule has 2 aliphatic carbocycles. The fourth-order valence-electron chi connectivity index (χ4n) is 8.63. The summed E-state index contributed by atoms with van der Waals surface area (Å²) < 4.78 is 19.4. The number of carbonyl (C=O) groups excluding carboxylic acids is 2. The number of carbonyl (C=O) groups is 3. The summed E-state index contributed by atoms with van der Waals surface area (Å²) in [6, 6.07) is 6.01. The lowest BCUT2D eigenvalue weighted by Gasteiger charge is -2.41. The molecule has 0 spiro atoms. The van der Waals surface area contributed by atoms with Gasteiger partial charge in [0, 0.05) is 24.9 Å². The van der Waals surface area contributed by atoms with Gasteiger partial charge in [0.2, 0.25) is 11.8 Å². The van der Waals surface area contributed by atoms with Crippen molar-refractivity contribution < 1.29 is 33.7 Å². The van der Waals surface area contributed by atoms with Gasteiger partial charge in [0.25, 0.3) is 0 Å². The number of amides is 2. The summed E-state index contributed by atoms with van der Waals surface area (Å²) in [6.45, 7) is 4.07. The number of aliphatic carboxylic acids is 1. The number of hydrogen-bond acceptors (Lipinski definition) is 8. The average Bonchev–Trinajstić information content (AvgIpc) is 3.67. The quantitative estimate of drug-likeness (QED) is 0.418. The molecule has 4 heterocycles. The molecule has 2 N–H and O–H groups in total. The van der Waals surface area contributed by atoms with Crippen LogP contribution in [0.5, 0.6) is 11.6 Å². The summed E-state index contributed by atoms with van der Waals surface area (Å²) in [5.41, 5.74) is 1.18. The third-order valence-corrected chi connectivity index (χ3v) is 11.8. The minimum Gasteiger partial charge on any atom is -0.489 e. The zero-order valence-electron chi connectivity index (χ0n) is 29.0. The van der Waals surface area contributed by atoms with Crippen LogP contribution in [-0.2, 0) is 20.7 Å². The van der Waals surface area contributed by atoms with Crippen LogP contribution >= 0.6 is 0 Å². The molecule has 2 saturated heterocycles. The number of nitrogens with zero attached hydrogens (tertiary/aromatic N) is 3. The molecule has 1 aromatic heterocycles. The third kappa shape index (κ3) is 7.47. The number of piperidine rings is 1. The highest BCUT2D eigenvalue weighted by molar-refractivity contribution is 5.91. The topological polar surface area (TPSA) is 131 Å². The van der Waals surface area contributed by atoms with Crippen LogP contribution in [0.15, 0.2) is 24.3 Å². The first-order valence-corrected chi connectivity index (χ1v) is 18.6. The number of alkyl carbamates (subject to hydrolysis) is 1. The second kappa shape index (κ2) is 14.3. The summed E-state index contributed by atoms with van der Waals surface area (Å²) in [4.78, 5) is 49.2. The molecule has 49 heavy (non-hydrogen) atoms. The Kier molecular flexibility index (Phi) is 9.91. The van der Waals surface area contributed by atoms with Crippen LogP contribution in [-0.4, -0.2) is 94.9 Å². The van der Waals surface area contributed by atoms with E-state index >= 15 is 0 Å². The zero-order chi connectivity index (χ0) is 34.1. The van der Waals surface area contributed by atoms with Gasteiger partial charge in [-0.25, -0.2) is 14.6 Å². The maximum absolute atomic E-state index is 14.5. The van der Waals surface area contributed by atoms with Crippen LogP contribution in [0.1, 0.15) is 96.0 Å². The molecule has 2 amide bonds. The number of ether oxygens (including phenoxy) is 3. The molecule has 5 atom stereocenters. The summed E-state index contributed by atoms with van der Waals surface area (Å²) in [6.07, 6.45) is 10.7. The second-order valence-electron chi connectivity index (χ2n) is 15.5. The molecule has 11 heteroatoms. The number of carboxylic acid groups (broad SMARTS) is 1. The highest BCUT2D eigenvalue weighted by atomic mass is 16.6. The molecule has 1 aromatic carbocycles. The van der Waals surface area contributed by atoms with Crippen molar-refractivity contribution in [1.82, 2.24) is 20.1 Å². The van der Waals surface area contributed by atoms with Gasteiger partial charge in [-0.2, -0.15) is 0 Å². The third-order valence-electron chi connectivity index (χ3n) is 11.8. The molecule has 2 bridgehead atoms. The van der Waals surface area contributed by atoms with Gasteiger partial charge in [-0.15, -0.1) is 0 Å². The Morgan fingerprint density at radius 3 is 2.53 bits per heavy atom. The number of hydrogen-bond donors (Lipinski definition) is 2. The zero-order valence-corrected chi connectivity index (χ0v) is 29.0. The van der Waals surface area contributed by atoms with Gasteiger partial charge in [-0.05, 0) is 81.9 Å². The van der Waals surface area contributed by atoms with Crippen LogP contribution in [0.4, 0.5) is 4.79 Å². The molecule has 2 aromatic rings. The Morgan fingerprint density at radius 2 is 1.76 bits per heavy atom. The molecule has 0 radical (unpaired) electrons. The number of benzene rings is 1. The molecule has 7 rings (SSSR count). The number of likely N-dealkylation sites (tertiary alicyclic amines) is 1. The van der Waals surface area contributed by atoms with Crippen molar-refractivity contribution in [2.45, 2.75) is 127 Å². The van der Waals surface area contributed by atoms with Gasteiger partial charge in [-0.1, -0.05) is 51.2 Å². The molecule has 3 aliphatic heterocycles. The monoisotopic (exact) mass is 676 g/mol. The van der Waals surface area contributed by atoms with E-state index in [4.69, 9.17) is 19.2 Å². The van der Waals surface area contributed by atoms with E-state index in [0.717, 1.165) is 112 Å². The summed E-state index contributed by atoms with van der Waals surface area (Å²) in [7, 11) is 2.14. The van der Waals surface area contributed by atoms with Crippen molar-refractivity contribution in [3.63, 3.8) is 0 Å². The molecule has 4 fully saturated rings. The minimum absolute atomic E-state index is 0.0789. The van der Waals surface area contributed by atoms with Gasteiger partial charge in [0.05, 0.1) is 17.6 Å². The molecule has 11 nitrogen and oxygen atoms in total. The highest BCUT2D eigenvalue weighted by Crippen LogP contribution is 2.43. The van der Waals surface area contributed by atoms with E-state index in [-0.39, 0.29) is 31.1 Å². The van der Waals surface area contributed by atoms with E-state index in [1.54, 1.807) is 0 Å². The van der Waals surface area contributed by atoms with Gasteiger partial charge in [-0.3, -0.25) is 4.79 Å². The smallest absolute Gasteiger partial charge is 0.408 e. The van der Waals surface area contributed by atoms with Gasteiger partial charge < -0.3 is 34.4 Å². The number of aromatic nitrogens is 1. The summed E-state index contributed by atoms with van der Waals surface area (Å²) in [5, 5.41) is 14.3. The predicted molar refractivity (Wildman–Crippen MR) is 184 cm³/mol.